The van der Waals surface area contributed by atoms with E-state index < -0.39 is 5.91 Å². The van der Waals surface area contributed by atoms with Gasteiger partial charge in [0, 0.05) is 5.02 Å². The molecule has 8 heteroatoms. The van der Waals surface area contributed by atoms with E-state index in [0.29, 0.717) is 15.1 Å². The van der Waals surface area contributed by atoms with Gasteiger partial charge >= 0.3 is 0 Å². The summed E-state index contributed by atoms with van der Waals surface area (Å²) in [6.07, 6.45) is 1.41. The number of amides is 1. The van der Waals surface area contributed by atoms with Crippen LogP contribution in [-0.4, -0.2) is 24.3 Å². The Hall–Kier alpha value is -1.76. The van der Waals surface area contributed by atoms with E-state index in [0.717, 1.165) is 0 Å². The number of nitrogens with one attached hydrogen (secondary N) is 1. The van der Waals surface area contributed by atoms with Gasteiger partial charge in [-0.05, 0) is 51.8 Å². The standard InChI is InChI=1S/C15H11BrCl2N2O3/c1-23-13-5-8(4-11(16)14(13)21)7-19-20-15(22)10-3-2-9(17)6-12(10)18/h2-7,21H,1H3,(H,20,22). The molecule has 1 amide bonds. The van der Waals surface area contributed by atoms with Gasteiger partial charge in [-0.2, -0.15) is 5.10 Å². The minimum atomic E-state index is -0.465. The molecule has 0 unspecified atom stereocenters. The Kier molecular flexibility index (Phi) is 5.87. The predicted octanol–water partition coefficient (Wildman–Crippen LogP) is 4.23. The topological polar surface area (TPSA) is 70.9 Å². The number of hydrogen-bond acceptors (Lipinski definition) is 4. The highest BCUT2D eigenvalue weighted by Gasteiger charge is 2.10. The Morgan fingerprint density at radius 2 is 2.09 bits per heavy atom. The highest BCUT2D eigenvalue weighted by molar-refractivity contribution is 9.10. The first-order valence-corrected chi connectivity index (χ1v) is 7.82. The molecule has 2 aromatic rings. The minimum absolute atomic E-state index is 0.0124. The maximum Gasteiger partial charge on any atom is 0.272 e. The molecule has 5 nitrogen and oxygen atoms in total. The number of aromatic hydroxyl groups is 1. The molecule has 23 heavy (non-hydrogen) atoms. The number of hydrazone groups is 1. The number of halogens is 3. The van der Waals surface area contributed by atoms with Crippen LogP contribution in [0.15, 0.2) is 39.9 Å². The van der Waals surface area contributed by atoms with Gasteiger partial charge in [-0.1, -0.05) is 23.2 Å². The van der Waals surface area contributed by atoms with Gasteiger partial charge in [0.25, 0.3) is 5.91 Å². The van der Waals surface area contributed by atoms with Crippen molar-refractivity contribution in [2.24, 2.45) is 5.10 Å². The van der Waals surface area contributed by atoms with Gasteiger partial charge < -0.3 is 9.84 Å². The molecule has 120 valence electrons. The SMILES string of the molecule is COc1cc(C=NNC(=O)c2ccc(Cl)cc2Cl)cc(Br)c1O. The summed E-state index contributed by atoms with van der Waals surface area (Å²) in [5.41, 5.74) is 3.24. The van der Waals surface area contributed by atoms with E-state index in [1.165, 1.54) is 25.5 Å². The molecule has 0 atom stereocenters. The number of methoxy groups -OCH3 is 1. The lowest BCUT2D eigenvalue weighted by molar-refractivity contribution is 0.0955. The molecule has 0 saturated heterocycles. The van der Waals surface area contributed by atoms with Crippen molar-refractivity contribution < 1.29 is 14.6 Å². The molecule has 0 bridgehead atoms. The van der Waals surface area contributed by atoms with Crippen LogP contribution < -0.4 is 10.2 Å². The highest BCUT2D eigenvalue weighted by Crippen LogP contribution is 2.34. The van der Waals surface area contributed by atoms with Crippen LogP contribution in [0.2, 0.25) is 10.0 Å². The van der Waals surface area contributed by atoms with Crippen LogP contribution in [0.1, 0.15) is 15.9 Å². The zero-order valence-electron chi connectivity index (χ0n) is 11.8. The predicted molar refractivity (Wildman–Crippen MR) is 93.9 cm³/mol. The van der Waals surface area contributed by atoms with Crippen LogP contribution in [0, 0.1) is 0 Å². The van der Waals surface area contributed by atoms with E-state index in [9.17, 15) is 9.90 Å². The summed E-state index contributed by atoms with van der Waals surface area (Å²) in [5, 5.41) is 14.3. The van der Waals surface area contributed by atoms with Gasteiger partial charge in [0.15, 0.2) is 11.5 Å². The van der Waals surface area contributed by atoms with Crippen LogP contribution in [0.4, 0.5) is 0 Å². The number of rotatable bonds is 4. The lowest BCUT2D eigenvalue weighted by Crippen LogP contribution is -2.18. The Morgan fingerprint density at radius 1 is 1.35 bits per heavy atom. The molecule has 0 aliphatic rings. The third-order valence-corrected chi connectivity index (χ3v) is 3.98. The molecule has 0 spiro atoms. The smallest absolute Gasteiger partial charge is 0.272 e. The Labute approximate surface area is 151 Å². The van der Waals surface area contributed by atoms with Crippen molar-refractivity contribution in [2.45, 2.75) is 0 Å². The second kappa shape index (κ2) is 7.68. The van der Waals surface area contributed by atoms with Crippen molar-refractivity contribution in [3.05, 3.63) is 56.0 Å². The zero-order chi connectivity index (χ0) is 17.0. The summed E-state index contributed by atoms with van der Waals surface area (Å²) in [6, 6.07) is 7.75. The van der Waals surface area contributed by atoms with E-state index >= 15 is 0 Å². The summed E-state index contributed by atoms with van der Waals surface area (Å²) in [4.78, 5) is 12.0. The fourth-order valence-corrected chi connectivity index (χ4v) is 2.68. The molecule has 0 aliphatic carbocycles. The maximum atomic E-state index is 12.0. The van der Waals surface area contributed by atoms with E-state index in [-0.39, 0.29) is 22.1 Å². The van der Waals surface area contributed by atoms with Crippen molar-refractivity contribution in [1.29, 1.82) is 0 Å². The molecule has 2 rings (SSSR count). The highest BCUT2D eigenvalue weighted by atomic mass is 79.9. The molecule has 0 radical (unpaired) electrons. The average molecular weight is 418 g/mol. The van der Waals surface area contributed by atoms with Gasteiger partial charge in [0.1, 0.15) is 0 Å². The molecular weight excluding hydrogens is 407 g/mol. The van der Waals surface area contributed by atoms with Crippen LogP contribution in [0.25, 0.3) is 0 Å². The summed E-state index contributed by atoms with van der Waals surface area (Å²) in [5.74, 6) is -0.192. The number of carbonyl (C=O) groups is 1. The van der Waals surface area contributed by atoms with Gasteiger partial charge in [-0.25, -0.2) is 5.43 Å². The first-order chi connectivity index (χ1) is 10.9. The Balaban J connectivity index is 2.12. The monoisotopic (exact) mass is 416 g/mol. The second-order valence-electron chi connectivity index (χ2n) is 4.38. The third kappa shape index (κ3) is 4.37. The molecule has 0 fully saturated rings. The van der Waals surface area contributed by atoms with Crippen molar-refractivity contribution in [2.75, 3.05) is 7.11 Å². The first kappa shape index (κ1) is 17.6. The summed E-state index contributed by atoms with van der Waals surface area (Å²) in [6.45, 7) is 0. The lowest BCUT2D eigenvalue weighted by Gasteiger charge is -2.06. The third-order valence-electron chi connectivity index (χ3n) is 2.83. The van der Waals surface area contributed by atoms with Gasteiger partial charge in [0.05, 0.1) is 28.4 Å². The summed E-state index contributed by atoms with van der Waals surface area (Å²) in [7, 11) is 1.44. The molecule has 2 N–H and O–H groups in total. The average Bonchev–Trinajstić information content (AvgIpc) is 2.50. The van der Waals surface area contributed by atoms with Crippen molar-refractivity contribution in [1.82, 2.24) is 5.43 Å². The quantitative estimate of drug-likeness (QED) is 0.577. The molecule has 0 aliphatic heterocycles. The van der Waals surface area contributed by atoms with E-state index in [2.05, 4.69) is 26.5 Å². The zero-order valence-corrected chi connectivity index (χ0v) is 14.9. The largest absolute Gasteiger partial charge is 0.503 e. The Morgan fingerprint density at radius 3 is 2.74 bits per heavy atom. The molecule has 0 aromatic heterocycles. The van der Waals surface area contributed by atoms with Gasteiger partial charge in [-0.15, -0.1) is 0 Å². The van der Waals surface area contributed by atoms with Crippen molar-refractivity contribution in [3.8, 4) is 11.5 Å². The normalized spacial score (nSPS) is 10.8. The number of phenolic OH excluding ortho intramolecular Hbond substituents is 1. The van der Waals surface area contributed by atoms with Crippen LogP contribution >= 0.6 is 39.1 Å². The molecule has 0 saturated carbocycles. The fraction of sp³-hybridized carbons (Fsp3) is 0.0667. The Bertz CT molecular complexity index is 782. The van der Waals surface area contributed by atoms with E-state index in [4.69, 9.17) is 27.9 Å². The number of hydrogen-bond donors (Lipinski definition) is 2. The lowest BCUT2D eigenvalue weighted by atomic mass is 10.2. The number of phenols is 1. The fourth-order valence-electron chi connectivity index (χ4n) is 1.72. The van der Waals surface area contributed by atoms with Gasteiger partial charge in [0.2, 0.25) is 0 Å². The van der Waals surface area contributed by atoms with Crippen LogP contribution in [0.5, 0.6) is 11.5 Å². The van der Waals surface area contributed by atoms with Crippen molar-refractivity contribution in [3.63, 3.8) is 0 Å². The maximum absolute atomic E-state index is 12.0. The molecule has 0 heterocycles. The summed E-state index contributed by atoms with van der Waals surface area (Å²) < 4.78 is 5.48. The minimum Gasteiger partial charge on any atom is -0.503 e. The van der Waals surface area contributed by atoms with E-state index in [1.54, 1.807) is 18.2 Å². The van der Waals surface area contributed by atoms with E-state index in [1.807, 2.05) is 0 Å². The second-order valence-corrected chi connectivity index (χ2v) is 6.07. The number of nitrogens with zero attached hydrogens (tertiary/aromatic N) is 1. The molecule has 2 aromatic carbocycles. The molecular formula is C15H11BrCl2N2O3. The van der Waals surface area contributed by atoms with Crippen molar-refractivity contribution >= 4 is 51.3 Å². The van der Waals surface area contributed by atoms with Crippen LogP contribution in [0.3, 0.4) is 0 Å². The number of benzene rings is 2. The summed E-state index contributed by atoms with van der Waals surface area (Å²) >= 11 is 14.9. The van der Waals surface area contributed by atoms with Gasteiger partial charge in [-0.3, -0.25) is 4.79 Å². The number of ether oxygens (including phenoxy) is 1. The number of carbonyl (C=O) groups excluding carboxylic acids is 1. The van der Waals surface area contributed by atoms with Crippen LogP contribution in [-0.2, 0) is 0 Å². The first-order valence-electron chi connectivity index (χ1n) is 6.27.